The predicted octanol–water partition coefficient (Wildman–Crippen LogP) is 1.94. The molecule has 0 aliphatic carbocycles. The van der Waals surface area contributed by atoms with Crippen molar-refractivity contribution in [3.63, 3.8) is 0 Å². The largest absolute Gasteiger partial charge is 0.383 e. The average Bonchev–Trinajstić information content (AvgIpc) is 3.19. The normalized spacial score (nSPS) is 18.8. The third kappa shape index (κ3) is 4.25. The minimum absolute atomic E-state index is 0.0278. The van der Waals surface area contributed by atoms with Gasteiger partial charge in [-0.05, 0) is 30.2 Å². The number of sulfone groups is 1. The first kappa shape index (κ1) is 18.9. The van der Waals surface area contributed by atoms with Crippen molar-refractivity contribution in [3.05, 3.63) is 41.0 Å². The molecule has 26 heavy (non-hydrogen) atoms. The van der Waals surface area contributed by atoms with E-state index in [1.54, 1.807) is 30.0 Å². The molecule has 1 N–H and O–H groups in total. The summed E-state index contributed by atoms with van der Waals surface area (Å²) >= 11 is 5.95. The second kappa shape index (κ2) is 7.77. The van der Waals surface area contributed by atoms with Crippen molar-refractivity contribution in [1.82, 2.24) is 15.1 Å². The van der Waals surface area contributed by atoms with Crippen molar-refractivity contribution < 1.29 is 17.9 Å². The third-order valence-electron chi connectivity index (χ3n) is 4.25. The van der Waals surface area contributed by atoms with Crippen LogP contribution in [0.3, 0.4) is 0 Å². The van der Waals surface area contributed by atoms with Gasteiger partial charge < -0.3 is 10.1 Å². The van der Waals surface area contributed by atoms with E-state index in [1.165, 1.54) is 0 Å². The molecule has 0 radical (unpaired) electrons. The topological polar surface area (TPSA) is 90.3 Å². The molecule has 1 aromatic heterocycles. The van der Waals surface area contributed by atoms with Crippen molar-refractivity contribution in [3.8, 4) is 11.3 Å². The summed E-state index contributed by atoms with van der Waals surface area (Å²) in [4.78, 5) is 12.3. The Morgan fingerprint density at radius 3 is 2.73 bits per heavy atom. The molecule has 1 unspecified atom stereocenters. The van der Waals surface area contributed by atoms with E-state index in [0.29, 0.717) is 30.3 Å². The SMILES string of the molecule is COCCNC(=O)c1cc(-c2ccc(Cl)cc2)n(C2CCS(=O)(=O)C2)n1. The van der Waals surface area contributed by atoms with Crippen molar-refractivity contribution in [1.29, 1.82) is 0 Å². The Hall–Kier alpha value is -1.90. The molecule has 1 fully saturated rings. The molecule has 3 rings (SSSR count). The second-order valence-electron chi connectivity index (χ2n) is 6.17. The summed E-state index contributed by atoms with van der Waals surface area (Å²) in [6.45, 7) is 0.771. The van der Waals surface area contributed by atoms with Gasteiger partial charge in [-0.1, -0.05) is 23.7 Å². The fourth-order valence-corrected chi connectivity index (χ4v) is 4.76. The number of carbonyl (C=O) groups is 1. The third-order valence-corrected chi connectivity index (χ3v) is 6.26. The van der Waals surface area contributed by atoms with Gasteiger partial charge >= 0.3 is 0 Å². The van der Waals surface area contributed by atoms with Crippen LogP contribution >= 0.6 is 11.6 Å². The number of benzene rings is 1. The highest BCUT2D eigenvalue weighted by atomic mass is 35.5. The van der Waals surface area contributed by atoms with E-state index < -0.39 is 9.84 Å². The van der Waals surface area contributed by atoms with Gasteiger partial charge in [0.25, 0.3) is 5.91 Å². The molecule has 2 aromatic rings. The summed E-state index contributed by atoms with van der Waals surface area (Å²) in [7, 11) is -1.52. The number of halogens is 1. The lowest BCUT2D eigenvalue weighted by molar-refractivity contribution is 0.0931. The number of methoxy groups -OCH3 is 1. The molecule has 0 bridgehead atoms. The van der Waals surface area contributed by atoms with Crippen LogP contribution < -0.4 is 5.32 Å². The zero-order valence-electron chi connectivity index (χ0n) is 14.3. The van der Waals surface area contributed by atoms with Crippen molar-refractivity contribution in [2.45, 2.75) is 12.5 Å². The molecule has 0 spiro atoms. The molecular weight excluding hydrogens is 378 g/mol. The van der Waals surface area contributed by atoms with Crippen LogP contribution in [0.1, 0.15) is 23.0 Å². The first-order valence-corrected chi connectivity index (χ1v) is 10.4. The summed E-state index contributed by atoms with van der Waals surface area (Å²) in [5.41, 5.74) is 1.76. The van der Waals surface area contributed by atoms with Crippen LogP contribution in [0.25, 0.3) is 11.3 Å². The summed E-state index contributed by atoms with van der Waals surface area (Å²) in [6.07, 6.45) is 0.481. The maximum absolute atomic E-state index is 12.3. The highest BCUT2D eigenvalue weighted by Gasteiger charge is 2.32. The number of nitrogens with zero attached hydrogens (tertiary/aromatic N) is 2. The quantitative estimate of drug-likeness (QED) is 0.752. The van der Waals surface area contributed by atoms with Gasteiger partial charge in [0, 0.05) is 18.7 Å². The minimum atomic E-state index is -3.08. The van der Waals surface area contributed by atoms with Crippen LogP contribution in [0.4, 0.5) is 0 Å². The highest BCUT2D eigenvalue weighted by Crippen LogP contribution is 2.30. The number of rotatable bonds is 6. The van der Waals surface area contributed by atoms with Gasteiger partial charge in [-0.15, -0.1) is 0 Å². The number of hydrogen-bond donors (Lipinski definition) is 1. The van der Waals surface area contributed by atoms with Crippen LogP contribution in [0.2, 0.25) is 5.02 Å². The van der Waals surface area contributed by atoms with Gasteiger partial charge in [0.15, 0.2) is 15.5 Å². The van der Waals surface area contributed by atoms with E-state index in [-0.39, 0.29) is 29.1 Å². The molecule has 140 valence electrons. The zero-order valence-corrected chi connectivity index (χ0v) is 15.9. The smallest absolute Gasteiger partial charge is 0.271 e. The standard InChI is InChI=1S/C17H20ClN3O4S/c1-25-8-7-19-17(22)15-10-16(12-2-4-13(18)5-3-12)21(20-15)14-6-9-26(23,24)11-14/h2-5,10,14H,6-9,11H2,1H3,(H,19,22). The lowest BCUT2D eigenvalue weighted by Gasteiger charge is -2.13. The first-order chi connectivity index (χ1) is 12.4. The van der Waals surface area contributed by atoms with Crippen LogP contribution in [0.5, 0.6) is 0 Å². The molecule has 7 nitrogen and oxygen atoms in total. The fourth-order valence-electron chi connectivity index (χ4n) is 2.95. The monoisotopic (exact) mass is 397 g/mol. The second-order valence-corrected chi connectivity index (χ2v) is 8.84. The van der Waals surface area contributed by atoms with Gasteiger partial charge in [0.1, 0.15) is 0 Å². The fraction of sp³-hybridized carbons (Fsp3) is 0.412. The van der Waals surface area contributed by atoms with Crippen molar-refractivity contribution in [2.24, 2.45) is 0 Å². The Balaban J connectivity index is 1.95. The summed E-state index contributed by atoms with van der Waals surface area (Å²) < 4.78 is 30.3. The number of nitrogens with one attached hydrogen (secondary N) is 1. The Labute approximate surface area is 157 Å². The van der Waals surface area contributed by atoms with Crippen LogP contribution in [0, 0.1) is 0 Å². The molecule has 1 aliphatic heterocycles. The van der Waals surface area contributed by atoms with Crippen LogP contribution in [0.15, 0.2) is 30.3 Å². The number of aromatic nitrogens is 2. The van der Waals surface area contributed by atoms with E-state index in [0.717, 1.165) is 5.56 Å². The van der Waals surface area contributed by atoms with E-state index in [1.807, 2.05) is 12.1 Å². The Kier molecular flexibility index (Phi) is 5.64. The Bertz CT molecular complexity index is 893. The predicted molar refractivity (Wildman–Crippen MR) is 99.2 cm³/mol. The number of amides is 1. The molecule has 0 saturated carbocycles. The summed E-state index contributed by atoms with van der Waals surface area (Å²) in [5, 5.41) is 7.73. The zero-order chi connectivity index (χ0) is 18.7. The summed E-state index contributed by atoms with van der Waals surface area (Å²) in [6, 6.07) is 8.54. The van der Waals surface area contributed by atoms with Crippen molar-refractivity contribution >= 4 is 27.3 Å². The molecular formula is C17H20ClN3O4S. The minimum Gasteiger partial charge on any atom is -0.383 e. The number of ether oxygens (including phenoxy) is 1. The first-order valence-electron chi connectivity index (χ1n) is 8.22. The lowest BCUT2D eigenvalue weighted by Crippen LogP contribution is -2.27. The highest BCUT2D eigenvalue weighted by molar-refractivity contribution is 7.91. The van der Waals surface area contributed by atoms with Gasteiger partial charge in [-0.2, -0.15) is 5.10 Å². The van der Waals surface area contributed by atoms with Gasteiger partial charge in [-0.25, -0.2) is 8.42 Å². The molecule has 1 saturated heterocycles. The lowest BCUT2D eigenvalue weighted by atomic mass is 10.1. The van der Waals surface area contributed by atoms with Gasteiger partial charge in [0.2, 0.25) is 0 Å². The molecule has 2 heterocycles. The van der Waals surface area contributed by atoms with E-state index in [4.69, 9.17) is 16.3 Å². The van der Waals surface area contributed by atoms with Crippen molar-refractivity contribution in [2.75, 3.05) is 31.8 Å². The van der Waals surface area contributed by atoms with E-state index in [2.05, 4.69) is 10.4 Å². The maximum atomic E-state index is 12.3. The molecule has 1 aromatic carbocycles. The van der Waals surface area contributed by atoms with Crippen LogP contribution in [-0.4, -0.2) is 55.9 Å². The van der Waals surface area contributed by atoms with E-state index >= 15 is 0 Å². The number of carbonyl (C=O) groups excluding carboxylic acids is 1. The average molecular weight is 398 g/mol. The maximum Gasteiger partial charge on any atom is 0.271 e. The number of hydrogen-bond acceptors (Lipinski definition) is 5. The molecule has 1 atom stereocenters. The molecule has 1 amide bonds. The van der Waals surface area contributed by atoms with Gasteiger partial charge in [0.05, 0.1) is 29.8 Å². The van der Waals surface area contributed by atoms with Gasteiger partial charge in [-0.3, -0.25) is 9.48 Å². The Morgan fingerprint density at radius 2 is 2.12 bits per heavy atom. The van der Waals surface area contributed by atoms with E-state index in [9.17, 15) is 13.2 Å². The molecule has 9 heteroatoms. The summed E-state index contributed by atoms with van der Waals surface area (Å²) in [5.74, 6) is -0.163. The van der Waals surface area contributed by atoms with Crippen LogP contribution in [-0.2, 0) is 14.6 Å². The molecule has 1 aliphatic rings. The Morgan fingerprint density at radius 1 is 1.38 bits per heavy atom.